The fourth-order valence-corrected chi connectivity index (χ4v) is 2.75. The van der Waals surface area contributed by atoms with Crippen LogP contribution in [-0.2, 0) is 4.79 Å². The van der Waals surface area contributed by atoms with E-state index in [1.54, 1.807) is 0 Å². The Balaban J connectivity index is 1.79. The van der Waals surface area contributed by atoms with Crippen LogP contribution in [0.5, 0.6) is 0 Å². The molecule has 17 heavy (non-hydrogen) atoms. The van der Waals surface area contributed by atoms with Crippen molar-refractivity contribution in [2.75, 3.05) is 39.8 Å². The third-order valence-electron chi connectivity index (χ3n) is 4.17. The van der Waals surface area contributed by atoms with Crippen LogP contribution in [-0.4, -0.2) is 61.5 Å². The number of hydrogen-bond donors (Lipinski definition) is 1. The molecule has 0 bridgehead atoms. The first kappa shape index (κ1) is 12.8. The molecule has 2 fully saturated rings. The Morgan fingerprint density at radius 1 is 1.41 bits per heavy atom. The molecule has 0 saturated carbocycles. The predicted octanol–water partition coefficient (Wildman–Crippen LogP) is 0.539. The first-order valence-electron chi connectivity index (χ1n) is 6.85. The molecule has 2 aliphatic rings. The van der Waals surface area contributed by atoms with Gasteiger partial charge in [-0.2, -0.15) is 0 Å². The van der Waals surface area contributed by atoms with Crippen LogP contribution in [0, 0.1) is 5.92 Å². The number of hydrogen-bond acceptors (Lipinski definition) is 3. The highest BCUT2D eigenvalue weighted by Crippen LogP contribution is 2.17. The lowest BCUT2D eigenvalue weighted by molar-refractivity contribution is -0.134. The maximum Gasteiger partial charge on any atom is 0.222 e. The average Bonchev–Trinajstić information content (AvgIpc) is 2.34. The number of nitrogens with zero attached hydrogens (tertiary/aromatic N) is 2. The number of rotatable bonds is 2. The maximum absolute atomic E-state index is 12.2. The van der Waals surface area contributed by atoms with E-state index in [1.165, 1.54) is 12.8 Å². The Kier molecular flexibility index (Phi) is 4.40. The molecule has 0 aromatic carbocycles. The van der Waals surface area contributed by atoms with Gasteiger partial charge in [0.05, 0.1) is 0 Å². The third-order valence-corrected chi connectivity index (χ3v) is 4.17. The number of likely N-dealkylation sites (N-methyl/N-ethyl adjacent to an activating group) is 1. The van der Waals surface area contributed by atoms with Gasteiger partial charge in [-0.05, 0) is 45.8 Å². The third kappa shape index (κ3) is 3.42. The second-order valence-electron chi connectivity index (χ2n) is 5.59. The molecular weight excluding hydrogens is 214 g/mol. The van der Waals surface area contributed by atoms with Crippen molar-refractivity contribution < 1.29 is 4.79 Å². The molecule has 2 heterocycles. The molecule has 2 rings (SSSR count). The number of carbonyl (C=O) groups excluding carboxylic acids is 1. The van der Waals surface area contributed by atoms with Crippen molar-refractivity contribution in [1.82, 2.24) is 15.1 Å². The fourth-order valence-electron chi connectivity index (χ4n) is 2.75. The van der Waals surface area contributed by atoms with Gasteiger partial charge in [-0.25, -0.2) is 0 Å². The van der Waals surface area contributed by atoms with E-state index in [-0.39, 0.29) is 0 Å². The number of piperazine rings is 1. The molecule has 1 amide bonds. The molecule has 2 aliphatic heterocycles. The Bertz CT molecular complexity index is 263. The molecule has 0 spiro atoms. The molecule has 0 aromatic rings. The van der Waals surface area contributed by atoms with Crippen molar-refractivity contribution in [3.05, 3.63) is 0 Å². The summed E-state index contributed by atoms with van der Waals surface area (Å²) < 4.78 is 0. The monoisotopic (exact) mass is 239 g/mol. The van der Waals surface area contributed by atoms with Crippen LogP contribution < -0.4 is 5.32 Å². The molecule has 2 unspecified atom stereocenters. The lowest BCUT2D eigenvalue weighted by atomic mass is 9.95. The van der Waals surface area contributed by atoms with Crippen LogP contribution in [0.3, 0.4) is 0 Å². The second kappa shape index (κ2) is 5.83. The molecule has 4 heteroatoms. The Hall–Kier alpha value is -0.610. The van der Waals surface area contributed by atoms with Gasteiger partial charge in [0.1, 0.15) is 0 Å². The highest BCUT2D eigenvalue weighted by molar-refractivity contribution is 5.76. The summed E-state index contributed by atoms with van der Waals surface area (Å²) in [7, 11) is 2.14. The van der Waals surface area contributed by atoms with Gasteiger partial charge >= 0.3 is 0 Å². The SMILES string of the molecule is CC1CN(C(=O)CC2CCCNC2)CCN1C. The zero-order valence-corrected chi connectivity index (χ0v) is 11.1. The predicted molar refractivity (Wildman–Crippen MR) is 68.9 cm³/mol. The van der Waals surface area contributed by atoms with Gasteiger partial charge in [0.25, 0.3) is 0 Å². The Morgan fingerprint density at radius 3 is 2.88 bits per heavy atom. The summed E-state index contributed by atoms with van der Waals surface area (Å²) in [4.78, 5) is 16.6. The molecular formula is C13H25N3O. The number of piperidine rings is 1. The second-order valence-corrected chi connectivity index (χ2v) is 5.59. The van der Waals surface area contributed by atoms with E-state index in [0.29, 0.717) is 17.9 Å². The summed E-state index contributed by atoms with van der Waals surface area (Å²) in [5.74, 6) is 0.921. The summed E-state index contributed by atoms with van der Waals surface area (Å²) in [5.41, 5.74) is 0. The van der Waals surface area contributed by atoms with Gasteiger partial charge in [-0.3, -0.25) is 4.79 Å². The first-order chi connectivity index (χ1) is 8.16. The van der Waals surface area contributed by atoms with E-state index in [4.69, 9.17) is 0 Å². The highest BCUT2D eigenvalue weighted by Gasteiger charge is 2.26. The fraction of sp³-hybridized carbons (Fsp3) is 0.923. The maximum atomic E-state index is 12.2. The Morgan fingerprint density at radius 2 is 2.24 bits per heavy atom. The van der Waals surface area contributed by atoms with E-state index >= 15 is 0 Å². The van der Waals surface area contributed by atoms with Crippen molar-refractivity contribution in [1.29, 1.82) is 0 Å². The van der Waals surface area contributed by atoms with Crippen molar-refractivity contribution in [2.24, 2.45) is 5.92 Å². The van der Waals surface area contributed by atoms with Gasteiger partial charge in [-0.15, -0.1) is 0 Å². The zero-order chi connectivity index (χ0) is 12.3. The molecule has 0 aliphatic carbocycles. The summed E-state index contributed by atoms with van der Waals surface area (Å²) in [6.45, 7) is 7.15. The van der Waals surface area contributed by atoms with Crippen LogP contribution in [0.15, 0.2) is 0 Å². The van der Waals surface area contributed by atoms with Crippen LogP contribution in [0.25, 0.3) is 0 Å². The Labute approximate surface area is 104 Å². The smallest absolute Gasteiger partial charge is 0.222 e. The quantitative estimate of drug-likeness (QED) is 0.764. The minimum atomic E-state index is 0.360. The van der Waals surface area contributed by atoms with Crippen LogP contribution in [0.1, 0.15) is 26.2 Å². The molecule has 2 atom stereocenters. The first-order valence-corrected chi connectivity index (χ1v) is 6.85. The van der Waals surface area contributed by atoms with E-state index in [0.717, 1.165) is 39.1 Å². The van der Waals surface area contributed by atoms with Crippen molar-refractivity contribution in [2.45, 2.75) is 32.2 Å². The summed E-state index contributed by atoms with van der Waals surface area (Å²) in [6.07, 6.45) is 3.17. The minimum Gasteiger partial charge on any atom is -0.340 e. The molecule has 2 saturated heterocycles. The average molecular weight is 239 g/mol. The molecule has 0 radical (unpaired) electrons. The minimum absolute atomic E-state index is 0.360. The molecule has 1 N–H and O–H groups in total. The largest absolute Gasteiger partial charge is 0.340 e. The van der Waals surface area contributed by atoms with Gasteiger partial charge < -0.3 is 15.1 Å². The molecule has 0 aromatic heterocycles. The zero-order valence-electron chi connectivity index (χ0n) is 11.1. The van der Waals surface area contributed by atoms with E-state index in [1.807, 2.05) is 0 Å². The van der Waals surface area contributed by atoms with Crippen molar-refractivity contribution in [3.63, 3.8) is 0 Å². The highest BCUT2D eigenvalue weighted by atomic mass is 16.2. The lowest BCUT2D eigenvalue weighted by Gasteiger charge is -2.38. The van der Waals surface area contributed by atoms with Crippen LogP contribution in [0.2, 0.25) is 0 Å². The van der Waals surface area contributed by atoms with E-state index in [9.17, 15) is 4.79 Å². The summed E-state index contributed by atoms with van der Waals surface area (Å²) in [6, 6.07) is 0.497. The lowest BCUT2D eigenvalue weighted by Crippen LogP contribution is -2.52. The van der Waals surface area contributed by atoms with Crippen molar-refractivity contribution >= 4 is 5.91 Å². The van der Waals surface area contributed by atoms with Gasteiger partial charge in [-0.1, -0.05) is 0 Å². The van der Waals surface area contributed by atoms with E-state index < -0.39 is 0 Å². The van der Waals surface area contributed by atoms with Crippen molar-refractivity contribution in [3.8, 4) is 0 Å². The standard InChI is InChI=1S/C13H25N3O/c1-11-10-16(7-6-15(11)2)13(17)8-12-4-3-5-14-9-12/h11-12,14H,3-10H2,1-2H3. The number of carbonyl (C=O) groups is 1. The van der Waals surface area contributed by atoms with Gasteiger partial charge in [0, 0.05) is 32.1 Å². The van der Waals surface area contributed by atoms with Gasteiger partial charge in [0.15, 0.2) is 0 Å². The topological polar surface area (TPSA) is 35.6 Å². The number of amides is 1. The van der Waals surface area contributed by atoms with Gasteiger partial charge in [0.2, 0.25) is 5.91 Å². The number of nitrogens with one attached hydrogen (secondary N) is 1. The summed E-state index contributed by atoms with van der Waals surface area (Å²) in [5, 5.41) is 3.38. The van der Waals surface area contributed by atoms with E-state index in [2.05, 4.69) is 29.1 Å². The normalized spacial score (nSPS) is 31.5. The molecule has 4 nitrogen and oxygen atoms in total. The summed E-state index contributed by atoms with van der Waals surface area (Å²) >= 11 is 0. The molecule has 98 valence electrons. The van der Waals surface area contributed by atoms with Crippen LogP contribution >= 0.6 is 0 Å². The van der Waals surface area contributed by atoms with Crippen LogP contribution in [0.4, 0.5) is 0 Å².